The molecule has 0 aliphatic heterocycles. The third-order valence-electron chi connectivity index (χ3n) is 3.26. The number of rotatable bonds is 3. The molecule has 1 aliphatic rings. The Balaban J connectivity index is 2.01. The van der Waals surface area contributed by atoms with Crippen molar-refractivity contribution in [2.75, 3.05) is 5.33 Å². The van der Waals surface area contributed by atoms with Crippen LogP contribution < -0.4 is 5.32 Å². The Morgan fingerprint density at radius 2 is 2.29 bits per heavy atom. The molecule has 1 aromatic rings. The highest BCUT2D eigenvalue weighted by molar-refractivity contribution is 9.09. The molecule has 0 aromatic heterocycles. The molecular weight excluding hydrogens is 302 g/mol. The van der Waals surface area contributed by atoms with E-state index in [9.17, 15) is 4.79 Å². The summed E-state index contributed by atoms with van der Waals surface area (Å²) in [5, 5.41) is 4.65. The maximum atomic E-state index is 12.0. The summed E-state index contributed by atoms with van der Waals surface area (Å²) in [6, 6.07) is 7.36. The van der Waals surface area contributed by atoms with Crippen LogP contribution in [0, 0.1) is 5.92 Å². The molecule has 1 saturated carbocycles. The highest BCUT2D eigenvalue weighted by atomic mass is 79.9. The van der Waals surface area contributed by atoms with Crippen LogP contribution in [-0.2, 0) is 0 Å². The minimum absolute atomic E-state index is 0.0228. The van der Waals surface area contributed by atoms with Gasteiger partial charge in [-0.25, -0.2) is 0 Å². The fourth-order valence-electron chi connectivity index (χ4n) is 2.29. The largest absolute Gasteiger partial charge is 0.349 e. The van der Waals surface area contributed by atoms with Crippen molar-refractivity contribution < 1.29 is 4.79 Å². The van der Waals surface area contributed by atoms with E-state index in [1.54, 1.807) is 24.3 Å². The third kappa shape index (κ3) is 3.23. The van der Waals surface area contributed by atoms with Gasteiger partial charge in [0.05, 0.1) is 0 Å². The van der Waals surface area contributed by atoms with E-state index in [1.807, 2.05) is 0 Å². The normalized spacial score (nSPS) is 23.6. The quantitative estimate of drug-likeness (QED) is 0.848. The Morgan fingerprint density at radius 3 is 3.00 bits per heavy atom. The van der Waals surface area contributed by atoms with E-state index < -0.39 is 0 Å². The van der Waals surface area contributed by atoms with Crippen LogP contribution in [0.1, 0.15) is 29.6 Å². The van der Waals surface area contributed by atoms with Crippen LogP contribution in [0.2, 0.25) is 5.02 Å². The SMILES string of the molecule is O=C(NC1CCCC1CBr)c1cccc(Cl)c1. The minimum atomic E-state index is -0.0228. The Hall–Kier alpha value is -0.540. The number of alkyl halides is 1. The molecule has 4 heteroatoms. The number of hydrogen-bond donors (Lipinski definition) is 1. The number of amides is 1. The van der Waals surface area contributed by atoms with Crippen LogP contribution in [0.4, 0.5) is 0 Å². The van der Waals surface area contributed by atoms with Crippen molar-refractivity contribution in [1.29, 1.82) is 0 Å². The van der Waals surface area contributed by atoms with Crippen LogP contribution >= 0.6 is 27.5 Å². The number of benzene rings is 1. The first-order valence-electron chi connectivity index (χ1n) is 5.83. The van der Waals surface area contributed by atoms with Crippen molar-refractivity contribution in [3.8, 4) is 0 Å². The molecule has 2 rings (SSSR count). The number of hydrogen-bond acceptors (Lipinski definition) is 1. The van der Waals surface area contributed by atoms with Crippen LogP contribution in [0.15, 0.2) is 24.3 Å². The Morgan fingerprint density at radius 1 is 1.47 bits per heavy atom. The second kappa shape index (κ2) is 5.87. The summed E-state index contributed by atoms with van der Waals surface area (Å²) in [6.07, 6.45) is 3.45. The van der Waals surface area contributed by atoms with E-state index in [0.717, 1.165) is 11.8 Å². The smallest absolute Gasteiger partial charge is 0.251 e. The van der Waals surface area contributed by atoms with Crippen LogP contribution in [0.3, 0.4) is 0 Å². The van der Waals surface area contributed by atoms with Crippen molar-refractivity contribution in [1.82, 2.24) is 5.32 Å². The second-order valence-corrected chi connectivity index (χ2v) is 5.52. The van der Waals surface area contributed by atoms with Gasteiger partial charge >= 0.3 is 0 Å². The molecule has 1 aromatic carbocycles. The molecule has 1 aliphatic carbocycles. The fourth-order valence-corrected chi connectivity index (χ4v) is 3.26. The Bertz CT molecular complexity index is 410. The van der Waals surface area contributed by atoms with E-state index in [-0.39, 0.29) is 5.91 Å². The molecule has 1 amide bonds. The van der Waals surface area contributed by atoms with E-state index >= 15 is 0 Å². The van der Waals surface area contributed by atoms with Gasteiger partial charge in [-0.3, -0.25) is 4.79 Å². The molecule has 92 valence electrons. The van der Waals surface area contributed by atoms with Gasteiger partial charge in [-0.15, -0.1) is 0 Å². The molecule has 0 spiro atoms. The summed E-state index contributed by atoms with van der Waals surface area (Å²) < 4.78 is 0. The van der Waals surface area contributed by atoms with E-state index in [2.05, 4.69) is 21.2 Å². The number of nitrogens with one attached hydrogen (secondary N) is 1. The third-order valence-corrected chi connectivity index (χ3v) is 4.33. The van der Waals surface area contributed by atoms with Gasteiger partial charge < -0.3 is 5.32 Å². The second-order valence-electron chi connectivity index (χ2n) is 4.44. The predicted octanol–water partition coefficient (Wildman–Crippen LogP) is 3.63. The zero-order valence-corrected chi connectivity index (χ0v) is 11.8. The van der Waals surface area contributed by atoms with Crippen molar-refractivity contribution >= 4 is 33.4 Å². The molecule has 2 nitrogen and oxygen atoms in total. The minimum Gasteiger partial charge on any atom is -0.349 e. The highest BCUT2D eigenvalue weighted by Gasteiger charge is 2.27. The fraction of sp³-hybridized carbons (Fsp3) is 0.462. The Kier molecular flexibility index (Phi) is 4.46. The van der Waals surface area contributed by atoms with Crippen molar-refractivity contribution in [3.05, 3.63) is 34.9 Å². The number of carbonyl (C=O) groups excluding carboxylic acids is 1. The van der Waals surface area contributed by atoms with Gasteiger partial charge in [-0.05, 0) is 37.0 Å². The topological polar surface area (TPSA) is 29.1 Å². The van der Waals surface area contributed by atoms with Gasteiger partial charge in [0.25, 0.3) is 5.91 Å². The molecule has 2 unspecified atom stereocenters. The molecule has 1 fully saturated rings. The number of halogens is 2. The molecule has 2 atom stereocenters. The highest BCUT2D eigenvalue weighted by Crippen LogP contribution is 2.27. The molecule has 0 radical (unpaired) electrons. The van der Waals surface area contributed by atoms with Crippen molar-refractivity contribution in [2.45, 2.75) is 25.3 Å². The van der Waals surface area contributed by atoms with Crippen LogP contribution in [0.5, 0.6) is 0 Å². The Labute approximate surface area is 115 Å². The van der Waals surface area contributed by atoms with Gasteiger partial charge in [0.1, 0.15) is 0 Å². The van der Waals surface area contributed by atoms with Gasteiger partial charge in [-0.2, -0.15) is 0 Å². The maximum absolute atomic E-state index is 12.0. The van der Waals surface area contributed by atoms with Gasteiger partial charge in [0.15, 0.2) is 0 Å². The maximum Gasteiger partial charge on any atom is 0.251 e. The first-order chi connectivity index (χ1) is 8.20. The lowest BCUT2D eigenvalue weighted by atomic mass is 10.1. The lowest BCUT2D eigenvalue weighted by Crippen LogP contribution is -2.37. The number of carbonyl (C=O) groups is 1. The lowest BCUT2D eigenvalue weighted by Gasteiger charge is -2.19. The standard InChI is InChI=1S/C13H15BrClNO/c14-8-10-4-2-6-12(10)16-13(17)9-3-1-5-11(15)7-9/h1,3,5,7,10,12H,2,4,6,8H2,(H,16,17). The zero-order valence-electron chi connectivity index (χ0n) is 9.46. The van der Waals surface area contributed by atoms with Crippen molar-refractivity contribution in [3.63, 3.8) is 0 Å². The van der Waals surface area contributed by atoms with Gasteiger partial charge in [0.2, 0.25) is 0 Å². The zero-order chi connectivity index (χ0) is 12.3. The molecular formula is C13H15BrClNO. The van der Waals surface area contributed by atoms with Crippen molar-refractivity contribution in [2.24, 2.45) is 5.92 Å². The molecule has 0 bridgehead atoms. The lowest BCUT2D eigenvalue weighted by molar-refractivity contribution is 0.0930. The van der Waals surface area contributed by atoms with E-state index in [1.165, 1.54) is 12.8 Å². The van der Waals surface area contributed by atoms with Gasteiger partial charge in [0, 0.05) is 22.0 Å². The molecule has 0 saturated heterocycles. The van der Waals surface area contributed by atoms with E-state index in [0.29, 0.717) is 22.5 Å². The summed E-state index contributed by atoms with van der Waals surface area (Å²) in [4.78, 5) is 12.0. The first kappa shape index (κ1) is 12.9. The summed E-state index contributed by atoms with van der Waals surface area (Å²) in [5.74, 6) is 0.531. The monoisotopic (exact) mass is 315 g/mol. The van der Waals surface area contributed by atoms with E-state index in [4.69, 9.17) is 11.6 Å². The predicted molar refractivity (Wildman–Crippen MR) is 73.8 cm³/mol. The van der Waals surface area contributed by atoms with Crippen LogP contribution in [-0.4, -0.2) is 17.3 Å². The molecule has 0 heterocycles. The summed E-state index contributed by atoms with van der Waals surface area (Å²) >= 11 is 9.38. The van der Waals surface area contributed by atoms with Crippen LogP contribution in [0.25, 0.3) is 0 Å². The summed E-state index contributed by atoms with van der Waals surface area (Å²) in [5.41, 5.74) is 0.637. The molecule has 1 N–H and O–H groups in total. The average Bonchev–Trinajstić information content (AvgIpc) is 2.76. The summed E-state index contributed by atoms with van der Waals surface area (Å²) in [6.45, 7) is 0. The first-order valence-corrected chi connectivity index (χ1v) is 7.33. The van der Waals surface area contributed by atoms with Gasteiger partial charge in [-0.1, -0.05) is 40.0 Å². The molecule has 17 heavy (non-hydrogen) atoms. The summed E-state index contributed by atoms with van der Waals surface area (Å²) in [7, 11) is 0. The average molecular weight is 317 g/mol.